The van der Waals surface area contributed by atoms with E-state index in [2.05, 4.69) is 4.90 Å². The Morgan fingerprint density at radius 1 is 1.21 bits per heavy atom. The highest BCUT2D eigenvalue weighted by Gasteiger charge is 2.40. The normalized spacial score (nSPS) is 33.9. The van der Waals surface area contributed by atoms with Crippen molar-refractivity contribution in [2.24, 2.45) is 5.92 Å². The van der Waals surface area contributed by atoms with Crippen LogP contribution in [0, 0.1) is 5.92 Å². The molecule has 3 aliphatic rings. The van der Waals surface area contributed by atoms with Gasteiger partial charge in [0.15, 0.2) is 0 Å². The van der Waals surface area contributed by atoms with Crippen LogP contribution >= 0.6 is 0 Å². The summed E-state index contributed by atoms with van der Waals surface area (Å²) in [6, 6.07) is 0.465. The minimum Gasteiger partial charge on any atom is -0.394 e. The van der Waals surface area contributed by atoms with Crippen molar-refractivity contribution in [2.45, 2.75) is 50.4 Å². The topological polar surface area (TPSA) is 43.8 Å². The van der Waals surface area contributed by atoms with Gasteiger partial charge in [0.25, 0.3) is 0 Å². The molecule has 2 heterocycles. The Kier molecular flexibility index (Phi) is 3.76. The Balaban J connectivity index is 1.55. The summed E-state index contributed by atoms with van der Waals surface area (Å²) < 4.78 is 13.4. The molecule has 1 aliphatic carbocycles. The van der Waals surface area contributed by atoms with Crippen molar-refractivity contribution in [2.75, 3.05) is 26.2 Å². The third-order valence-electron chi connectivity index (χ3n) is 4.80. The first kappa shape index (κ1) is 13.3. The van der Waals surface area contributed by atoms with Gasteiger partial charge in [-0.15, -0.1) is 0 Å². The molecular formula is C14H23FN2O2. The van der Waals surface area contributed by atoms with Gasteiger partial charge < -0.3 is 14.9 Å². The van der Waals surface area contributed by atoms with Gasteiger partial charge in [0.2, 0.25) is 5.91 Å². The van der Waals surface area contributed by atoms with Gasteiger partial charge in [-0.2, -0.15) is 0 Å². The van der Waals surface area contributed by atoms with Crippen LogP contribution in [0.4, 0.5) is 4.39 Å². The van der Waals surface area contributed by atoms with Crippen LogP contribution in [0.15, 0.2) is 0 Å². The van der Waals surface area contributed by atoms with E-state index in [9.17, 15) is 14.3 Å². The van der Waals surface area contributed by atoms with Crippen molar-refractivity contribution in [3.63, 3.8) is 0 Å². The summed E-state index contributed by atoms with van der Waals surface area (Å²) in [5, 5.41) is 9.26. The Labute approximate surface area is 113 Å². The van der Waals surface area contributed by atoms with Gasteiger partial charge >= 0.3 is 0 Å². The molecular weight excluding hydrogens is 247 g/mol. The smallest absolute Gasteiger partial charge is 0.226 e. The van der Waals surface area contributed by atoms with E-state index in [1.165, 1.54) is 12.8 Å². The largest absolute Gasteiger partial charge is 0.394 e. The molecule has 2 aliphatic heterocycles. The summed E-state index contributed by atoms with van der Waals surface area (Å²) >= 11 is 0. The van der Waals surface area contributed by atoms with Gasteiger partial charge in [-0.1, -0.05) is 0 Å². The molecule has 4 nitrogen and oxygen atoms in total. The highest BCUT2D eigenvalue weighted by molar-refractivity contribution is 5.79. The number of aliphatic hydroxyl groups is 1. The highest BCUT2D eigenvalue weighted by Crippen LogP contribution is 2.32. The second kappa shape index (κ2) is 5.37. The molecule has 0 unspecified atom stereocenters. The number of carbonyl (C=O) groups is 1. The predicted molar refractivity (Wildman–Crippen MR) is 69.4 cm³/mol. The number of piperidine rings is 1. The van der Waals surface area contributed by atoms with E-state index in [1.54, 1.807) is 4.90 Å². The fourth-order valence-corrected chi connectivity index (χ4v) is 3.49. The SMILES string of the molecule is O=C(C1CCN(C2CC2)CC1)N1C[C@@H](F)C[C@H]1CO. The third kappa shape index (κ3) is 2.77. The molecule has 1 amide bonds. The average Bonchev–Trinajstić information content (AvgIpc) is 3.21. The molecule has 3 rings (SSSR count). The Morgan fingerprint density at radius 2 is 1.89 bits per heavy atom. The lowest BCUT2D eigenvalue weighted by atomic mass is 9.95. The maximum atomic E-state index is 13.4. The predicted octanol–water partition coefficient (Wildman–Crippen LogP) is 0.792. The second-order valence-electron chi connectivity index (χ2n) is 6.20. The van der Waals surface area contributed by atoms with Crippen molar-refractivity contribution >= 4 is 5.91 Å². The number of alkyl halides is 1. The van der Waals surface area contributed by atoms with Gasteiger partial charge in [-0.25, -0.2) is 4.39 Å². The lowest BCUT2D eigenvalue weighted by molar-refractivity contribution is -0.138. The molecule has 1 N–H and O–H groups in total. The first-order valence-corrected chi connectivity index (χ1v) is 7.48. The van der Waals surface area contributed by atoms with Crippen molar-refractivity contribution in [3.8, 4) is 0 Å². The Bertz CT molecular complexity index is 340. The number of rotatable bonds is 3. The summed E-state index contributed by atoms with van der Waals surface area (Å²) in [4.78, 5) is 16.5. The second-order valence-corrected chi connectivity index (χ2v) is 6.20. The molecule has 2 saturated heterocycles. The van der Waals surface area contributed by atoms with E-state index < -0.39 is 6.17 Å². The van der Waals surface area contributed by atoms with E-state index >= 15 is 0 Å². The van der Waals surface area contributed by atoms with Crippen molar-refractivity contribution in [1.29, 1.82) is 0 Å². The fraction of sp³-hybridized carbons (Fsp3) is 0.929. The van der Waals surface area contributed by atoms with Crippen LogP contribution < -0.4 is 0 Å². The molecule has 5 heteroatoms. The van der Waals surface area contributed by atoms with E-state index in [0.717, 1.165) is 32.0 Å². The van der Waals surface area contributed by atoms with Crippen LogP contribution in [-0.4, -0.2) is 65.3 Å². The molecule has 0 radical (unpaired) electrons. The lowest BCUT2D eigenvalue weighted by Gasteiger charge is -2.34. The first-order chi connectivity index (χ1) is 9.19. The van der Waals surface area contributed by atoms with Crippen molar-refractivity contribution in [3.05, 3.63) is 0 Å². The van der Waals surface area contributed by atoms with Crippen LogP contribution in [0.2, 0.25) is 0 Å². The number of hydrogen-bond donors (Lipinski definition) is 1. The summed E-state index contributed by atoms with van der Waals surface area (Å²) in [6.07, 6.45) is 3.72. The minimum atomic E-state index is -0.965. The first-order valence-electron chi connectivity index (χ1n) is 7.48. The molecule has 2 atom stereocenters. The fourth-order valence-electron chi connectivity index (χ4n) is 3.49. The van der Waals surface area contributed by atoms with Crippen LogP contribution in [0.25, 0.3) is 0 Å². The van der Waals surface area contributed by atoms with Crippen LogP contribution in [0.3, 0.4) is 0 Å². The Morgan fingerprint density at radius 3 is 2.47 bits per heavy atom. The van der Waals surface area contributed by atoms with Gasteiger partial charge in [-0.3, -0.25) is 4.79 Å². The molecule has 0 spiro atoms. The van der Waals surface area contributed by atoms with Crippen LogP contribution in [0.1, 0.15) is 32.1 Å². The van der Waals surface area contributed by atoms with E-state index in [-0.39, 0.29) is 31.0 Å². The number of likely N-dealkylation sites (tertiary alicyclic amines) is 2. The lowest BCUT2D eigenvalue weighted by Crippen LogP contribution is -2.45. The van der Waals surface area contributed by atoms with Crippen LogP contribution in [-0.2, 0) is 4.79 Å². The zero-order valence-corrected chi connectivity index (χ0v) is 11.3. The molecule has 19 heavy (non-hydrogen) atoms. The zero-order chi connectivity index (χ0) is 13.4. The van der Waals surface area contributed by atoms with E-state index in [1.807, 2.05) is 0 Å². The molecule has 0 aromatic carbocycles. The van der Waals surface area contributed by atoms with Crippen molar-refractivity contribution < 1.29 is 14.3 Å². The summed E-state index contributed by atoms with van der Waals surface area (Å²) in [5.74, 6) is 0.101. The summed E-state index contributed by atoms with van der Waals surface area (Å²) in [7, 11) is 0. The molecule has 1 saturated carbocycles. The van der Waals surface area contributed by atoms with Gasteiger partial charge in [0.05, 0.1) is 19.2 Å². The third-order valence-corrected chi connectivity index (χ3v) is 4.80. The summed E-state index contributed by atoms with van der Waals surface area (Å²) in [5.41, 5.74) is 0. The van der Waals surface area contributed by atoms with Gasteiger partial charge in [0.1, 0.15) is 6.17 Å². The molecule has 108 valence electrons. The minimum absolute atomic E-state index is 0.0364. The van der Waals surface area contributed by atoms with E-state index in [4.69, 9.17) is 0 Å². The highest BCUT2D eigenvalue weighted by atomic mass is 19.1. The molecule has 3 fully saturated rings. The number of amides is 1. The molecule has 0 aromatic rings. The summed E-state index contributed by atoms with van der Waals surface area (Å²) in [6.45, 7) is 2.05. The standard InChI is InChI=1S/C14H23FN2O2/c15-11-7-13(9-18)17(8-11)14(19)10-3-5-16(6-4-10)12-1-2-12/h10-13,18H,1-9H2/t11-,13-/m0/s1. The molecule has 0 bridgehead atoms. The number of aliphatic hydroxyl groups excluding tert-OH is 1. The van der Waals surface area contributed by atoms with E-state index in [0.29, 0.717) is 6.42 Å². The molecule has 0 aromatic heterocycles. The monoisotopic (exact) mass is 270 g/mol. The number of hydrogen-bond acceptors (Lipinski definition) is 3. The number of nitrogens with zero attached hydrogens (tertiary/aromatic N) is 2. The van der Waals surface area contributed by atoms with Crippen molar-refractivity contribution in [1.82, 2.24) is 9.80 Å². The number of carbonyl (C=O) groups excluding carboxylic acids is 1. The Hall–Kier alpha value is -0.680. The van der Waals surface area contributed by atoms with Gasteiger partial charge in [-0.05, 0) is 38.8 Å². The maximum absolute atomic E-state index is 13.4. The average molecular weight is 270 g/mol. The van der Waals surface area contributed by atoms with Gasteiger partial charge in [0, 0.05) is 18.4 Å². The quantitative estimate of drug-likeness (QED) is 0.824. The maximum Gasteiger partial charge on any atom is 0.226 e. The zero-order valence-electron chi connectivity index (χ0n) is 11.3. The van der Waals surface area contributed by atoms with Crippen LogP contribution in [0.5, 0.6) is 0 Å². The number of halogens is 1.